The van der Waals surface area contributed by atoms with E-state index in [2.05, 4.69) is 20.4 Å². The molecule has 1 fully saturated rings. The zero-order valence-corrected chi connectivity index (χ0v) is 17.6. The van der Waals surface area contributed by atoms with E-state index in [1.165, 1.54) is 0 Å². The number of benzene rings is 2. The number of methoxy groups -OCH3 is 2. The average molecular weight is 419 g/mol. The number of anilines is 2. The molecule has 0 unspecified atom stereocenters. The average Bonchev–Trinajstić information content (AvgIpc) is 2.84. The summed E-state index contributed by atoms with van der Waals surface area (Å²) in [5.41, 5.74) is 2.51. The van der Waals surface area contributed by atoms with Crippen LogP contribution in [-0.2, 0) is 0 Å². The van der Waals surface area contributed by atoms with Crippen LogP contribution in [0.25, 0.3) is 11.3 Å². The zero-order chi connectivity index (χ0) is 21.6. The Bertz CT molecular complexity index is 1020. The van der Waals surface area contributed by atoms with Crippen LogP contribution in [0.5, 0.6) is 11.5 Å². The van der Waals surface area contributed by atoms with Gasteiger partial charge in [0.25, 0.3) is 0 Å². The molecule has 1 N–H and O–H groups in total. The molecule has 1 saturated heterocycles. The number of hydrogen-bond donors (Lipinski definition) is 1. The molecule has 8 nitrogen and oxygen atoms in total. The standard InChI is InChI=1S/C23H25N5O3/c1-30-19-8-6-17(7-9-19)21-10-11-22(26-25-21)27-12-14-28(15-13-27)23(29)24-18-4-3-5-20(16-18)31-2/h3-11,16H,12-15H2,1-2H3,(H,24,29). The summed E-state index contributed by atoms with van der Waals surface area (Å²) in [5.74, 6) is 2.33. The van der Waals surface area contributed by atoms with Gasteiger partial charge in [-0.15, -0.1) is 10.2 Å². The summed E-state index contributed by atoms with van der Waals surface area (Å²) >= 11 is 0. The summed E-state index contributed by atoms with van der Waals surface area (Å²) in [5, 5.41) is 11.7. The maximum Gasteiger partial charge on any atom is 0.321 e. The van der Waals surface area contributed by atoms with Crippen LogP contribution in [0.1, 0.15) is 0 Å². The molecule has 3 aromatic rings. The highest BCUT2D eigenvalue weighted by atomic mass is 16.5. The van der Waals surface area contributed by atoms with E-state index in [-0.39, 0.29) is 6.03 Å². The fourth-order valence-corrected chi connectivity index (χ4v) is 3.45. The Kier molecular flexibility index (Phi) is 6.16. The van der Waals surface area contributed by atoms with Crippen molar-refractivity contribution < 1.29 is 14.3 Å². The van der Waals surface area contributed by atoms with Crippen molar-refractivity contribution in [1.82, 2.24) is 15.1 Å². The smallest absolute Gasteiger partial charge is 0.321 e. The molecule has 0 saturated carbocycles. The molecule has 0 bridgehead atoms. The summed E-state index contributed by atoms with van der Waals surface area (Å²) in [6.45, 7) is 2.61. The van der Waals surface area contributed by atoms with Gasteiger partial charge in [0, 0.05) is 43.5 Å². The lowest BCUT2D eigenvalue weighted by atomic mass is 10.1. The highest BCUT2D eigenvalue weighted by Gasteiger charge is 2.22. The third-order valence-electron chi connectivity index (χ3n) is 5.25. The predicted octanol–water partition coefficient (Wildman–Crippen LogP) is 3.51. The number of piperazine rings is 1. The lowest BCUT2D eigenvalue weighted by Crippen LogP contribution is -2.50. The molecule has 0 atom stereocenters. The van der Waals surface area contributed by atoms with Gasteiger partial charge in [-0.25, -0.2) is 4.79 Å². The molecular weight excluding hydrogens is 394 g/mol. The molecule has 1 aliphatic heterocycles. The second-order valence-corrected chi connectivity index (χ2v) is 7.14. The second-order valence-electron chi connectivity index (χ2n) is 7.14. The van der Waals surface area contributed by atoms with Crippen molar-refractivity contribution in [3.8, 4) is 22.8 Å². The van der Waals surface area contributed by atoms with Gasteiger partial charge in [-0.2, -0.15) is 0 Å². The number of aromatic nitrogens is 2. The van der Waals surface area contributed by atoms with E-state index in [1.54, 1.807) is 25.2 Å². The van der Waals surface area contributed by atoms with E-state index in [1.807, 2.05) is 54.6 Å². The summed E-state index contributed by atoms with van der Waals surface area (Å²) in [6.07, 6.45) is 0. The van der Waals surface area contributed by atoms with Gasteiger partial charge in [0.2, 0.25) is 0 Å². The van der Waals surface area contributed by atoms with Crippen LogP contribution in [0.4, 0.5) is 16.3 Å². The van der Waals surface area contributed by atoms with Crippen LogP contribution in [0.2, 0.25) is 0 Å². The first-order valence-corrected chi connectivity index (χ1v) is 10.1. The summed E-state index contributed by atoms with van der Waals surface area (Å²) in [6, 6.07) is 18.9. The number of nitrogens with one attached hydrogen (secondary N) is 1. The summed E-state index contributed by atoms with van der Waals surface area (Å²) in [7, 11) is 3.25. The monoisotopic (exact) mass is 419 g/mol. The molecule has 0 spiro atoms. The Balaban J connectivity index is 1.33. The lowest BCUT2D eigenvalue weighted by Gasteiger charge is -2.35. The fraction of sp³-hybridized carbons (Fsp3) is 0.261. The highest BCUT2D eigenvalue weighted by molar-refractivity contribution is 5.89. The summed E-state index contributed by atoms with van der Waals surface area (Å²) < 4.78 is 10.4. The molecule has 8 heteroatoms. The molecule has 4 rings (SSSR count). The van der Waals surface area contributed by atoms with Gasteiger partial charge in [-0.3, -0.25) is 0 Å². The highest BCUT2D eigenvalue weighted by Crippen LogP contribution is 2.22. The van der Waals surface area contributed by atoms with Crippen LogP contribution in [0.15, 0.2) is 60.7 Å². The normalized spacial score (nSPS) is 13.6. The van der Waals surface area contributed by atoms with Gasteiger partial charge >= 0.3 is 6.03 Å². The first-order chi connectivity index (χ1) is 15.2. The molecule has 2 heterocycles. The first kappa shape index (κ1) is 20.5. The topological polar surface area (TPSA) is 79.8 Å². The number of urea groups is 1. The van der Waals surface area contributed by atoms with Gasteiger partial charge < -0.3 is 24.6 Å². The van der Waals surface area contributed by atoms with E-state index in [0.717, 1.165) is 22.8 Å². The molecule has 1 aromatic heterocycles. The minimum Gasteiger partial charge on any atom is -0.497 e. The van der Waals surface area contributed by atoms with Gasteiger partial charge in [-0.05, 0) is 48.5 Å². The van der Waals surface area contributed by atoms with Crippen LogP contribution in [0, 0.1) is 0 Å². The minimum absolute atomic E-state index is 0.117. The number of hydrogen-bond acceptors (Lipinski definition) is 6. The Labute approximate surface area is 181 Å². The predicted molar refractivity (Wildman–Crippen MR) is 120 cm³/mol. The second kappa shape index (κ2) is 9.34. The maximum absolute atomic E-state index is 12.6. The van der Waals surface area contributed by atoms with Gasteiger partial charge in [-0.1, -0.05) is 6.07 Å². The van der Waals surface area contributed by atoms with Crippen molar-refractivity contribution in [1.29, 1.82) is 0 Å². The van der Waals surface area contributed by atoms with Crippen LogP contribution in [-0.4, -0.2) is 61.5 Å². The Morgan fingerprint density at radius 3 is 2.26 bits per heavy atom. The van der Waals surface area contributed by atoms with Crippen molar-refractivity contribution in [3.05, 3.63) is 60.7 Å². The van der Waals surface area contributed by atoms with Gasteiger partial charge in [0.1, 0.15) is 11.5 Å². The first-order valence-electron chi connectivity index (χ1n) is 10.1. The van der Waals surface area contributed by atoms with Crippen molar-refractivity contribution >= 4 is 17.5 Å². The van der Waals surface area contributed by atoms with E-state index in [0.29, 0.717) is 37.6 Å². The maximum atomic E-state index is 12.6. The van der Waals surface area contributed by atoms with Gasteiger partial charge in [0.05, 0.1) is 19.9 Å². The lowest BCUT2D eigenvalue weighted by molar-refractivity contribution is 0.208. The SMILES string of the molecule is COc1ccc(-c2ccc(N3CCN(C(=O)Nc4cccc(OC)c4)CC3)nn2)cc1. The fourth-order valence-electron chi connectivity index (χ4n) is 3.45. The van der Waals surface area contributed by atoms with E-state index < -0.39 is 0 Å². The van der Waals surface area contributed by atoms with Gasteiger partial charge in [0.15, 0.2) is 5.82 Å². The number of ether oxygens (including phenoxy) is 2. The molecule has 0 aliphatic carbocycles. The van der Waals surface area contributed by atoms with Crippen molar-refractivity contribution in [2.75, 3.05) is 50.6 Å². The number of nitrogens with zero attached hydrogens (tertiary/aromatic N) is 4. The number of carbonyl (C=O) groups excluding carboxylic acids is 1. The Morgan fingerprint density at radius 2 is 1.61 bits per heavy atom. The Hall–Kier alpha value is -3.81. The van der Waals surface area contributed by atoms with Crippen LogP contribution < -0.4 is 19.7 Å². The number of rotatable bonds is 5. The van der Waals surface area contributed by atoms with Crippen LogP contribution in [0.3, 0.4) is 0 Å². The van der Waals surface area contributed by atoms with E-state index >= 15 is 0 Å². The largest absolute Gasteiger partial charge is 0.497 e. The number of amides is 2. The van der Waals surface area contributed by atoms with Crippen LogP contribution >= 0.6 is 0 Å². The molecule has 31 heavy (non-hydrogen) atoms. The molecule has 2 aromatic carbocycles. The van der Waals surface area contributed by atoms with Crippen molar-refractivity contribution in [2.24, 2.45) is 0 Å². The third kappa shape index (κ3) is 4.85. The molecule has 1 aliphatic rings. The van der Waals surface area contributed by atoms with Crippen molar-refractivity contribution in [3.63, 3.8) is 0 Å². The third-order valence-corrected chi connectivity index (χ3v) is 5.25. The molecule has 0 radical (unpaired) electrons. The number of carbonyl (C=O) groups is 1. The molecule has 160 valence electrons. The van der Waals surface area contributed by atoms with Crippen molar-refractivity contribution in [2.45, 2.75) is 0 Å². The summed E-state index contributed by atoms with van der Waals surface area (Å²) in [4.78, 5) is 16.5. The zero-order valence-electron chi connectivity index (χ0n) is 17.6. The molecule has 2 amide bonds. The quantitative estimate of drug-likeness (QED) is 0.682. The molecular formula is C23H25N5O3. The minimum atomic E-state index is -0.117. The van der Waals surface area contributed by atoms with E-state index in [9.17, 15) is 4.79 Å². The van der Waals surface area contributed by atoms with E-state index in [4.69, 9.17) is 9.47 Å². The Morgan fingerprint density at radius 1 is 0.871 bits per heavy atom.